The number of benzene rings is 1. The molecule has 0 atom stereocenters. The van der Waals surface area contributed by atoms with E-state index in [2.05, 4.69) is 31.2 Å². The van der Waals surface area contributed by atoms with E-state index in [1.165, 1.54) is 18.4 Å². The Hall–Kier alpha value is -5.79. The van der Waals surface area contributed by atoms with Gasteiger partial charge in [0.25, 0.3) is 5.91 Å². The Morgan fingerprint density at radius 2 is 1.77 bits per heavy atom. The van der Waals surface area contributed by atoms with Crippen LogP contribution < -0.4 is 14.4 Å². The number of nitrogens with one attached hydrogen (secondary N) is 1. The molecule has 268 valence electrons. The highest BCUT2D eigenvalue weighted by Crippen LogP contribution is 2.43. The number of aryl methyl sites for hydroxylation is 1. The van der Waals surface area contributed by atoms with Gasteiger partial charge in [0, 0.05) is 87.0 Å². The number of methoxy groups -OCH3 is 2. The van der Waals surface area contributed by atoms with E-state index in [4.69, 9.17) is 14.5 Å². The van der Waals surface area contributed by atoms with Crippen LogP contribution in [0.5, 0.6) is 11.5 Å². The molecule has 2 amide bonds. The van der Waals surface area contributed by atoms with Crippen LogP contribution in [0.25, 0.3) is 27.6 Å². The first-order valence-electron chi connectivity index (χ1n) is 17.6. The summed E-state index contributed by atoms with van der Waals surface area (Å²) in [6.45, 7) is 3.29. The summed E-state index contributed by atoms with van der Waals surface area (Å²) in [4.78, 5) is 45.1. The number of aromatic nitrogens is 6. The zero-order valence-electron chi connectivity index (χ0n) is 29.2. The fourth-order valence-corrected chi connectivity index (χ4v) is 7.24. The summed E-state index contributed by atoms with van der Waals surface area (Å²) in [6, 6.07) is 7.33. The summed E-state index contributed by atoms with van der Waals surface area (Å²) in [5.74, 6) is 1.91. The Labute approximate surface area is 300 Å². The molecule has 1 aliphatic carbocycles. The number of amides is 2. The number of hydrogen-bond donors (Lipinski definition) is 1. The Morgan fingerprint density at radius 1 is 0.942 bits per heavy atom. The molecule has 2 fully saturated rings. The molecule has 1 saturated carbocycles. The molecule has 52 heavy (non-hydrogen) atoms. The highest BCUT2D eigenvalue weighted by molar-refractivity contribution is 6.05. The molecule has 1 N–H and O–H groups in total. The second-order valence-electron chi connectivity index (χ2n) is 13.4. The van der Waals surface area contributed by atoms with Gasteiger partial charge in [-0.05, 0) is 66.1 Å². The van der Waals surface area contributed by atoms with Crippen LogP contribution in [0.3, 0.4) is 0 Å². The number of ether oxygens (including phenoxy) is 2. The van der Waals surface area contributed by atoms with Crippen LogP contribution >= 0.6 is 0 Å². The van der Waals surface area contributed by atoms with Gasteiger partial charge in [-0.25, -0.2) is 9.37 Å². The van der Waals surface area contributed by atoms with Crippen molar-refractivity contribution in [3.63, 3.8) is 0 Å². The fraction of sp³-hybridized carbons (Fsp3) is 0.368. The van der Waals surface area contributed by atoms with Crippen molar-refractivity contribution in [3.05, 3.63) is 84.0 Å². The van der Waals surface area contributed by atoms with Crippen molar-refractivity contribution in [1.29, 1.82) is 0 Å². The molecule has 0 unspecified atom stereocenters. The number of carbonyl (C=O) groups is 2. The van der Waals surface area contributed by atoms with Crippen molar-refractivity contribution in [2.45, 2.75) is 38.1 Å². The number of nitrogens with zero attached hydrogens (tertiary/aromatic N) is 8. The number of H-pyrrole nitrogens is 1. The fourth-order valence-electron chi connectivity index (χ4n) is 7.24. The van der Waals surface area contributed by atoms with Gasteiger partial charge in [0.15, 0.2) is 17.4 Å². The van der Waals surface area contributed by atoms with Crippen molar-refractivity contribution >= 4 is 34.1 Å². The van der Waals surface area contributed by atoms with Crippen LogP contribution in [0, 0.1) is 5.82 Å². The van der Waals surface area contributed by atoms with Gasteiger partial charge in [-0.15, -0.1) is 5.10 Å². The summed E-state index contributed by atoms with van der Waals surface area (Å²) >= 11 is 0. The monoisotopic (exact) mass is 705 g/mol. The lowest BCUT2D eigenvalue weighted by atomic mass is 9.93. The SMILES string of the molecule is COc1ccncc1-c1cc(C2=CCCN(C(=O)CCn3ccnn3)C2)c(F)c2[nH]c(C(=O)N3CCN(c4ncc(C5CC5)cc4OC)CC3)cc12. The van der Waals surface area contributed by atoms with Gasteiger partial charge in [0.2, 0.25) is 5.91 Å². The van der Waals surface area contributed by atoms with Gasteiger partial charge in [-0.3, -0.25) is 19.3 Å². The van der Waals surface area contributed by atoms with Crippen molar-refractivity contribution in [2.75, 3.05) is 58.4 Å². The summed E-state index contributed by atoms with van der Waals surface area (Å²) in [7, 11) is 3.24. The number of pyridine rings is 2. The van der Waals surface area contributed by atoms with Gasteiger partial charge in [0.05, 0.1) is 32.5 Å². The Kier molecular flexibility index (Phi) is 9.04. The van der Waals surface area contributed by atoms with Crippen LogP contribution in [0.15, 0.2) is 61.3 Å². The Bertz CT molecular complexity index is 2150. The average molecular weight is 706 g/mol. The number of fused-ring (bicyclic) bond motifs is 1. The van der Waals surface area contributed by atoms with Crippen LogP contribution in [0.1, 0.15) is 53.2 Å². The zero-order chi connectivity index (χ0) is 35.8. The van der Waals surface area contributed by atoms with Gasteiger partial charge in [-0.1, -0.05) is 11.3 Å². The molecule has 1 saturated heterocycles. The highest BCUT2D eigenvalue weighted by atomic mass is 19.1. The minimum Gasteiger partial charge on any atom is -0.496 e. The molecule has 13 nitrogen and oxygen atoms in total. The third kappa shape index (κ3) is 6.44. The quantitative estimate of drug-likeness (QED) is 0.215. The molecular weight excluding hydrogens is 665 g/mol. The summed E-state index contributed by atoms with van der Waals surface area (Å²) in [5.41, 5.74) is 4.07. The molecule has 3 aliphatic rings. The summed E-state index contributed by atoms with van der Waals surface area (Å²) in [6.07, 6.45) is 13.7. The predicted molar refractivity (Wildman–Crippen MR) is 193 cm³/mol. The third-order valence-corrected chi connectivity index (χ3v) is 10.2. The first-order valence-corrected chi connectivity index (χ1v) is 17.6. The van der Waals surface area contributed by atoms with E-state index in [1.807, 2.05) is 12.3 Å². The van der Waals surface area contributed by atoms with Gasteiger partial charge in [0.1, 0.15) is 11.4 Å². The Morgan fingerprint density at radius 3 is 2.52 bits per heavy atom. The second kappa shape index (κ2) is 14.1. The van der Waals surface area contributed by atoms with E-state index in [0.29, 0.717) is 85.0 Å². The number of halogens is 1. The number of carbonyl (C=O) groups excluding carboxylic acids is 2. The molecule has 0 bridgehead atoms. The van der Waals surface area contributed by atoms with Crippen molar-refractivity contribution < 1.29 is 23.5 Å². The normalized spacial score (nSPS) is 16.3. The van der Waals surface area contributed by atoms with Gasteiger partial charge in [-0.2, -0.15) is 0 Å². The largest absolute Gasteiger partial charge is 0.496 e. The van der Waals surface area contributed by atoms with Gasteiger partial charge >= 0.3 is 0 Å². The van der Waals surface area contributed by atoms with Crippen molar-refractivity contribution in [3.8, 4) is 22.6 Å². The first-order chi connectivity index (χ1) is 25.4. The molecule has 4 aromatic heterocycles. The maximum absolute atomic E-state index is 16.7. The smallest absolute Gasteiger partial charge is 0.270 e. The molecule has 6 heterocycles. The lowest BCUT2D eigenvalue weighted by molar-refractivity contribution is -0.131. The van der Waals surface area contributed by atoms with Crippen molar-refractivity contribution in [1.82, 2.24) is 39.7 Å². The predicted octanol–water partition coefficient (Wildman–Crippen LogP) is 4.92. The number of aromatic amines is 1. The number of piperazine rings is 1. The molecule has 8 rings (SSSR count). The van der Waals surface area contributed by atoms with Crippen LogP contribution in [0.4, 0.5) is 10.2 Å². The zero-order valence-corrected chi connectivity index (χ0v) is 29.2. The van der Waals surface area contributed by atoms with Crippen LogP contribution in [-0.2, 0) is 11.3 Å². The average Bonchev–Trinajstić information content (AvgIpc) is 3.72. The summed E-state index contributed by atoms with van der Waals surface area (Å²) < 4.78 is 29.7. The standard InChI is InChI=1S/C38H40FN9O4/c1-51-32-7-9-40-22-30(32)28-19-27(25-4-3-11-47(23-25)34(49)8-12-48-13-10-42-44-48)35(39)36-29(28)20-31(43-36)38(50)46-16-14-45(15-17-46)37-33(52-2)18-26(21-41-37)24-5-6-24/h4,7,9-10,13,18-22,24,43H,3,5-6,8,11-12,14-17,23H2,1-2H3. The molecule has 0 radical (unpaired) electrons. The number of rotatable bonds is 10. The lowest BCUT2D eigenvalue weighted by Gasteiger charge is -2.35. The van der Waals surface area contributed by atoms with Crippen LogP contribution in [0.2, 0.25) is 0 Å². The Balaban J connectivity index is 1.07. The van der Waals surface area contributed by atoms with E-state index in [0.717, 1.165) is 11.6 Å². The van der Waals surface area contributed by atoms with Crippen LogP contribution in [-0.4, -0.2) is 105 Å². The minimum atomic E-state index is -0.485. The maximum atomic E-state index is 16.7. The molecule has 0 spiro atoms. The van der Waals surface area contributed by atoms with Gasteiger partial charge < -0.3 is 29.2 Å². The van der Waals surface area contributed by atoms with E-state index in [9.17, 15) is 9.59 Å². The van der Waals surface area contributed by atoms with E-state index in [-0.39, 0.29) is 36.0 Å². The van der Waals surface area contributed by atoms with Crippen molar-refractivity contribution in [2.24, 2.45) is 0 Å². The maximum Gasteiger partial charge on any atom is 0.270 e. The molecular formula is C38H40FN9O4. The molecule has 14 heteroatoms. The van der Waals surface area contributed by atoms with E-state index >= 15 is 4.39 Å². The molecule has 5 aromatic rings. The molecule has 2 aliphatic heterocycles. The van der Waals surface area contributed by atoms with E-state index in [1.54, 1.807) is 71.7 Å². The second-order valence-corrected chi connectivity index (χ2v) is 13.4. The number of hydrogen-bond acceptors (Lipinski definition) is 9. The highest BCUT2D eigenvalue weighted by Gasteiger charge is 2.30. The minimum absolute atomic E-state index is 0.0471. The summed E-state index contributed by atoms with van der Waals surface area (Å²) in [5, 5.41) is 8.28. The lowest BCUT2D eigenvalue weighted by Crippen LogP contribution is -2.49. The molecule has 1 aromatic carbocycles. The first kappa shape index (κ1) is 33.4. The van der Waals surface area contributed by atoms with E-state index < -0.39 is 5.82 Å². The topological polar surface area (TPSA) is 135 Å². The third-order valence-electron chi connectivity index (χ3n) is 10.2. The number of anilines is 1.